The topological polar surface area (TPSA) is 49.4 Å². The van der Waals surface area contributed by atoms with Crippen LogP contribution < -0.4 is 4.72 Å². The zero-order valence-corrected chi connectivity index (χ0v) is 16.9. The van der Waals surface area contributed by atoms with E-state index in [2.05, 4.69) is 35.6 Å². The maximum atomic E-state index is 12.6. The standard InChI is InChI=1S/C20H27ClN2O2S/c1-3-14-23(15-4-2)20(17-8-6-5-7-9-17)16-22-26(24,25)19-12-10-18(21)11-13-19/h5-13,20,22H,3-4,14-16H2,1-2H3. The van der Waals surface area contributed by atoms with Crippen molar-refractivity contribution in [1.29, 1.82) is 0 Å². The maximum Gasteiger partial charge on any atom is 0.240 e. The molecule has 2 aromatic carbocycles. The second-order valence-corrected chi connectivity index (χ2v) is 8.47. The van der Waals surface area contributed by atoms with E-state index in [4.69, 9.17) is 11.6 Å². The first kappa shape index (κ1) is 20.9. The summed E-state index contributed by atoms with van der Waals surface area (Å²) in [5.41, 5.74) is 1.12. The lowest BCUT2D eigenvalue weighted by atomic mass is 10.0. The molecule has 1 N–H and O–H groups in total. The molecular formula is C20H27ClN2O2S. The fourth-order valence-electron chi connectivity index (χ4n) is 3.02. The molecule has 0 heterocycles. The smallest absolute Gasteiger partial charge is 0.240 e. The first-order valence-corrected chi connectivity index (χ1v) is 10.9. The Balaban J connectivity index is 2.22. The highest BCUT2D eigenvalue weighted by molar-refractivity contribution is 7.89. The molecule has 0 bridgehead atoms. The highest BCUT2D eigenvalue weighted by Gasteiger charge is 2.22. The molecule has 0 aromatic heterocycles. The molecule has 0 aliphatic rings. The van der Waals surface area contributed by atoms with Gasteiger partial charge in [-0.25, -0.2) is 13.1 Å². The zero-order chi connectivity index (χ0) is 19.0. The van der Waals surface area contributed by atoms with Gasteiger partial charge in [0, 0.05) is 17.6 Å². The Kier molecular flexibility index (Phi) is 8.10. The molecule has 4 nitrogen and oxygen atoms in total. The fraction of sp³-hybridized carbons (Fsp3) is 0.400. The SMILES string of the molecule is CCCN(CCC)C(CNS(=O)(=O)c1ccc(Cl)cc1)c1ccccc1. The van der Waals surface area contributed by atoms with Gasteiger partial charge < -0.3 is 0 Å². The van der Waals surface area contributed by atoms with Crippen LogP contribution in [0.4, 0.5) is 0 Å². The Morgan fingerprint density at radius 3 is 2.08 bits per heavy atom. The molecule has 0 saturated heterocycles. The minimum atomic E-state index is -3.58. The lowest BCUT2D eigenvalue weighted by molar-refractivity contribution is 0.198. The monoisotopic (exact) mass is 394 g/mol. The van der Waals surface area contributed by atoms with Crippen molar-refractivity contribution < 1.29 is 8.42 Å². The quantitative estimate of drug-likeness (QED) is 0.646. The van der Waals surface area contributed by atoms with Crippen LogP contribution in [0.25, 0.3) is 0 Å². The summed E-state index contributed by atoms with van der Waals surface area (Å²) in [4.78, 5) is 2.57. The van der Waals surface area contributed by atoms with Gasteiger partial charge in [0.25, 0.3) is 0 Å². The van der Waals surface area contributed by atoms with Crippen LogP contribution in [-0.2, 0) is 10.0 Å². The average molecular weight is 395 g/mol. The number of rotatable bonds is 10. The molecule has 26 heavy (non-hydrogen) atoms. The van der Waals surface area contributed by atoms with E-state index in [1.54, 1.807) is 12.1 Å². The van der Waals surface area contributed by atoms with E-state index < -0.39 is 10.0 Å². The summed E-state index contributed by atoms with van der Waals surface area (Å²) < 4.78 is 28.1. The van der Waals surface area contributed by atoms with Crippen LogP contribution in [0.2, 0.25) is 5.02 Å². The normalized spacial score (nSPS) is 13.1. The predicted molar refractivity (Wildman–Crippen MR) is 108 cm³/mol. The highest BCUT2D eigenvalue weighted by atomic mass is 35.5. The van der Waals surface area contributed by atoms with E-state index in [1.807, 2.05) is 18.2 Å². The molecule has 0 saturated carbocycles. The summed E-state index contributed by atoms with van der Waals surface area (Å²) in [6, 6.07) is 16.3. The number of sulfonamides is 1. The van der Waals surface area contributed by atoms with Crippen molar-refractivity contribution in [3.05, 3.63) is 65.2 Å². The summed E-state index contributed by atoms with van der Waals surface area (Å²) in [6.45, 7) is 6.46. The molecule has 2 aromatic rings. The molecule has 0 radical (unpaired) electrons. The lowest BCUT2D eigenvalue weighted by Gasteiger charge is -2.32. The van der Waals surface area contributed by atoms with Crippen LogP contribution in [0.15, 0.2) is 59.5 Å². The first-order chi connectivity index (χ1) is 12.5. The van der Waals surface area contributed by atoms with E-state index in [0.717, 1.165) is 31.5 Å². The number of benzene rings is 2. The zero-order valence-electron chi connectivity index (χ0n) is 15.4. The molecule has 2 rings (SSSR count). The Morgan fingerprint density at radius 2 is 1.54 bits per heavy atom. The highest BCUT2D eigenvalue weighted by Crippen LogP contribution is 2.22. The van der Waals surface area contributed by atoms with E-state index in [9.17, 15) is 8.42 Å². The summed E-state index contributed by atoms with van der Waals surface area (Å²) >= 11 is 5.86. The third-order valence-electron chi connectivity index (χ3n) is 4.24. The third kappa shape index (κ3) is 5.81. The minimum absolute atomic E-state index is 0.00169. The minimum Gasteiger partial charge on any atom is -0.295 e. The maximum absolute atomic E-state index is 12.6. The third-order valence-corrected chi connectivity index (χ3v) is 5.93. The van der Waals surface area contributed by atoms with Crippen LogP contribution in [-0.4, -0.2) is 33.0 Å². The largest absolute Gasteiger partial charge is 0.295 e. The lowest BCUT2D eigenvalue weighted by Crippen LogP contribution is -2.39. The van der Waals surface area contributed by atoms with Crippen molar-refractivity contribution in [2.24, 2.45) is 0 Å². The van der Waals surface area contributed by atoms with Crippen LogP contribution in [0.3, 0.4) is 0 Å². The van der Waals surface area contributed by atoms with E-state index in [-0.39, 0.29) is 10.9 Å². The van der Waals surface area contributed by atoms with Gasteiger partial charge >= 0.3 is 0 Å². The van der Waals surface area contributed by atoms with Gasteiger partial charge in [-0.1, -0.05) is 55.8 Å². The molecule has 6 heteroatoms. The summed E-state index contributed by atoms with van der Waals surface area (Å²) in [6.07, 6.45) is 2.04. The van der Waals surface area contributed by atoms with Crippen molar-refractivity contribution in [3.63, 3.8) is 0 Å². The van der Waals surface area contributed by atoms with Crippen LogP contribution in [0, 0.1) is 0 Å². The van der Waals surface area contributed by atoms with E-state index in [0.29, 0.717) is 11.6 Å². The van der Waals surface area contributed by atoms with E-state index >= 15 is 0 Å². The number of nitrogens with zero attached hydrogens (tertiary/aromatic N) is 1. The summed E-state index contributed by atoms with van der Waals surface area (Å²) in [5.74, 6) is 0. The second-order valence-electron chi connectivity index (χ2n) is 6.27. The van der Waals surface area contributed by atoms with Crippen LogP contribution in [0.5, 0.6) is 0 Å². The van der Waals surface area contributed by atoms with Gasteiger partial charge in [0.05, 0.1) is 4.90 Å². The van der Waals surface area contributed by atoms with Gasteiger partial charge in [-0.3, -0.25) is 4.90 Å². The molecular weight excluding hydrogens is 368 g/mol. The Morgan fingerprint density at radius 1 is 0.962 bits per heavy atom. The Hall–Kier alpha value is -1.40. The summed E-state index contributed by atoms with van der Waals surface area (Å²) in [7, 11) is -3.58. The molecule has 0 aliphatic heterocycles. The van der Waals surface area contributed by atoms with Crippen molar-refractivity contribution in [1.82, 2.24) is 9.62 Å². The second kappa shape index (κ2) is 10.1. The van der Waals surface area contributed by atoms with Crippen molar-refractivity contribution in [2.45, 2.75) is 37.6 Å². The molecule has 0 aliphatic carbocycles. The molecule has 1 unspecified atom stereocenters. The Bertz CT molecular complexity index is 758. The van der Waals surface area contributed by atoms with Gasteiger partial charge in [-0.05, 0) is 55.8 Å². The first-order valence-electron chi connectivity index (χ1n) is 9.02. The van der Waals surface area contributed by atoms with Gasteiger partial charge in [-0.2, -0.15) is 0 Å². The fourth-order valence-corrected chi connectivity index (χ4v) is 4.18. The van der Waals surface area contributed by atoms with Crippen molar-refractivity contribution in [2.75, 3.05) is 19.6 Å². The average Bonchev–Trinajstić information content (AvgIpc) is 2.63. The van der Waals surface area contributed by atoms with Gasteiger partial charge in [0.15, 0.2) is 0 Å². The van der Waals surface area contributed by atoms with E-state index in [1.165, 1.54) is 12.1 Å². The van der Waals surface area contributed by atoms with Gasteiger partial charge in [-0.15, -0.1) is 0 Å². The Labute approximate surface area is 162 Å². The van der Waals surface area contributed by atoms with Crippen LogP contribution >= 0.6 is 11.6 Å². The molecule has 0 spiro atoms. The van der Waals surface area contributed by atoms with Crippen molar-refractivity contribution >= 4 is 21.6 Å². The number of halogens is 1. The molecule has 0 amide bonds. The molecule has 0 fully saturated rings. The van der Waals surface area contributed by atoms with Crippen molar-refractivity contribution in [3.8, 4) is 0 Å². The number of nitrogens with one attached hydrogen (secondary N) is 1. The van der Waals surface area contributed by atoms with Crippen LogP contribution in [0.1, 0.15) is 38.3 Å². The molecule has 142 valence electrons. The summed E-state index contributed by atoms with van der Waals surface area (Å²) in [5, 5.41) is 0.517. The number of hydrogen-bond acceptors (Lipinski definition) is 3. The van der Waals surface area contributed by atoms with Gasteiger partial charge in [0.2, 0.25) is 10.0 Å². The molecule has 1 atom stereocenters. The predicted octanol–water partition coefficient (Wildman–Crippen LogP) is 4.48. The number of hydrogen-bond donors (Lipinski definition) is 1. The van der Waals surface area contributed by atoms with Gasteiger partial charge in [0.1, 0.15) is 0 Å².